The molecule has 6 nitrogen and oxygen atoms in total. The molecule has 1 unspecified atom stereocenters. The Balaban J connectivity index is 1.84. The first-order valence-electron chi connectivity index (χ1n) is 7.55. The molecule has 0 saturated carbocycles. The molecule has 0 bridgehead atoms. The summed E-state index contributed by atoms with van der Waals surface area (Å²) in [5.74, 6) is -0.586. The predicted octanol–water partition coefficient (Wildman–Crippen LogP) is 3.68. The molecule has 0 aliphatic heterocycles. The Morgan fingerprint density at radius 3 is 2.33 bits per heavy atom. The van der Waals surface area contributed by atoms with Crippen LogP contribution in [0.25, 0.3) is 0 Å². The van der Waals surface area contributed by atoms with Crippen molar-refractivity contribution >= 4 is 17.7 Å². The van der Waals surface area contributed by atoms with Gasteiger partial charge in [0, 0.05) is 5.69 Å². The van der Waals surface area contributed by atoms with Crippen LogP contribution in [0, 0.1) is 0 Å². The number of anilines is 1. The number of amides is 1. The lowest BCUT2D eigenvalue weighted by Gasteiger charge is -2.13. The average molecular weight is 329 g/mol. The quantitative estimate of drug-likeness (QED) is 0.809. The largest absolute Gasteiger partial charge is 0.479 e. The van der Waals surface area contributed by atoms with Gasteiger partial charge in [-0.25, -0.2) is 9.59 Å². The van der Waals surface area contributed by atoms with Gasteiger partial charge >= 0.3 is 12.1 Å². The maximum atomic E-state index is 11.7. The summed E-state index contributed by atoms with van der Waals surface area (Å²) in [4.78, 5) is 22.7. The fourth-order valence-corrected chi connectivity index (χ4v) is 1.97. The summed E-state index contributed by atoms with van der Waals surface area (Å²) in [6.45, 7) is 1.92. The van der Waals surface area contributed by atoms with Gasteiger partial charge in [-0.15, -0.1) is 0 Å². The molecular formula is C18H19NO5. The van der Waals surface area contributed by atoms with Crippen molar-refractivity contribution in [2.24, 2.45) is 0 Å². The lowest BCUT2D eigenvalue weighted by Crippen LogP contribution is -2.25. The van der Waals surface area contributed by atoms with Gasteiger partial charge in [0.2, 0.25) is 0 Å². The molecule has 1 amide bonds. The summed E-state index contributed by atoms with van der Waals surface area (Å²) < 4.78 is 10.5. The van der Waals surface area contributed by atoms with E-state index in [0.717, 1.165) is 5.56 Å². The van der Waals surface area contributed by atoms with E-state index in [1.807, 2.05) is 30.3 Å². The molecule has 0 radical (unpaired) electrons. The molecule has 2 N–H and O–H groups in total. The van der Waals surface area contributed by atoms with Crippen molar-refractivity contribution in [3.05, 3.63) is 60.2 Å². The highest BCUT2D eigenvalue weighted by Crippen LogP contribution is 2.18. The Hall–Kier alpha value is -3.02. The van der Waals surface area contributed by atoms with Gasteiger partial charge < -0.3 is 14.6 Å². The molecule has 0 fully saturated rings. The van der Waals surface area contributed by atoms with Crippen molar-refractivity contribution in [1.29, 1.82) is 0 Å². The van der Waals surface area contributed by atoms with E-state index in [1.54, 1.807) is 31.2 Å². The van der Waals surface area contributed by atoms with Gasteiger partial charge in [0.1, 0.15) is 12.4 Å². The molecule has 0 heterocycles. The van der Waals surface area contributed by atoms with E-state index in [-0.39, 0.29) is 6.61 Å². The fraction of sp³-hybridized carbons (Fsp3) is 0.222. The molecule has 0 aromatic heterocycles. The number of hydrogen-bond donors (Lipinski definition) is 2. The maximum Gasteiger partial charge on any atom is 0.411 e. The molecule has 0 aliphatic carbocycles. The van der Waals surface area contributed by atoms with E-state index in [2.05, 4.69) is 5.32 Å². The molecule has 0 aliphatic rings. The zero-order chi connectivity index (χ0) is 17.4. The van der Waals surface area contributed by atoms with Gasteiger partial charge in [-0.3, -0.25) is 5.32 Å². The Morgan fingerprint density at radius 1 is 1.08 bits per heavy atom. The van der Waals surface area contributed by atoms with Gasteiger partial charge in [0.25, 0.3) is 0 Å². The highest BCUT2D eigenvalue weighted by Gasteiger charge is 2.16. The van der Waals surface area contributed by atoms with Gasteiger partial charge in [-0.05, 0) is 36.2 Å². The minimum absolute atomic E-state index is 0.185. The minimum Gasteiger partial charge on any atom is -0.479 e. The second-order valence-electron chi connectivity index (χ2n) is 5.06. The number of carboxylic acid groups (broad SMARTS) is 1. The van der Waals surface area contributed by atoms with E-state index in [0.29, 0.717) is 17.9 Å². The van der Waals surface area contributed by atoms with Crippen LogP contribution in [-0.4, -0.2) is 23.3 Å². The standard InChI is InChI=1S/C18H19NO5/c1-2-16(17(20)21)24-15-10-8-14(9-11-15)19-18(22)23-12-13-6-4-3-5-7-13/h3-11,16H,2,12H2,1H3,(H,19,22)(H,20,21). The van der Waals surface area contributed by atoms with Gasteiger partial charge in [-0.2, -0.15) is 0 Å². The average Bonchev–Trinajstić information content (AvgIpc) is 2.60. The summed E-state index contributed by atoms with van der Waals surface area (Å²) >= 11 is 0. The number of nitrogens with one attached hydrogen (secondary N) is 1. The molecular weight excluding hydrogens is 310 g/mol. The molecule has 0 saturated heterocycles. The van der Waals surface area contributed by atoms with E-state index in [1.165, 1.54) is 0 Å². The number of carboxylic acids is 1. The molecule has 2 aromatic rings. The van der Waals surface area contributed by atoms with Crippen LogP contribution in [0.1, 0.15) is 18.9 Å². The molecule has 6 heteroatoms. The zero-order valence-corrected chi connectivity index (χ0v) is 13.3. The van der Waals surface area contributed by atoms with E-state index in [9.17, 15) is 9.59 Å². The summed E-state index contributed by atoms with van der Waals surface area (Å²) in [5.41, 5.74) is 1.43. The Labute approximate surface area is 140 Å². The van der Waals surface area contributed by atoms with Crippen LogP contribution in [0.5, 0.6) is 5.75 Å². The molecule has 1 atom stereocenters. The monoisotopic (exact) mass is 329 g/mol. The first-order chi connectivity index (χ1) is 11.6. The van der Waals surface area contributed by atoms with Crippen LogP contribution in [0.4, 0.5) is 10.5 Å². The van der Waals surface area contributed by atoms with Crippen LogP contribution < -0.4 is 10.1 Å². The zero-order valence-electron chi connectivity index (χ0n) is 13.3. The second kappa shape index (κ2) is 8.57. The van der Waals surface area contributed by atoms with Crippen LogP contribution in [0.2, 0.25) is 0 Å². The van der Waals surface area contributed by atoms with E-state index in [4.69, 9.17) is 14.6 Å². The van der Waals surface area contributed by atoms with Crippen LogP contribution in [0.15, 0.2) is 54.6 Å². The second-order valence-corrected chi connectivity index (χ2v) is 5.06. The van der Waals surface area contributed by atoms with Crippen molar-refractivity contribution < 1.29 is 24.2 Å². The summed E-state index contributed by atoms with van der Waals surface area (Å²) in [6.07, 6.45) is -1.09. The van der Waals surface area contributed by atoms with Crippen molar-refractivity contribution in [2.45, 2.75) is 26.1 Å². The smallest absolute Gasteiger partial charge is 0.411 e. The minimum atomic E-state index is -1.01. The highest BCUT2D eigenvalue weighted by molar-refractivity contribution is 5.84. The van der Waals surface area contributed by atoms with Crippen LogP contribution in [-0.2, 0) is 16.1 Å². The van der Waals surface area contributed by atoms with Crippen molar-refractivity contribution in [3.8, 4) is 5.75 Å². The van der Waals surface area contributed by atoms with E-state index < -0.39 is 18.2 Å². The number of aliphatic carboxylic acids is 1. The van der Waals surface area contributed by atoms with Gasteiger partial charge in [0.05, 0.1) is 0 Å². The summed E-state index contributed by atoms with van der Waals surface area (Å²) in [7, 11) is 0. The number of hydrogen-bond acceptors (Lipinski definition) is 4. The number of ether oxygens (including phenoxy) is 2. The van der Waals surface area contributed by atoms with Crippen molar-refractivity contribution in [3.63, 3.8) is 0 Å². The Bertz CT molecular complexity index is 670. The third-order valence-corrected chi connectivity index (χ3v) is 3.24. The summed E-state index contributed by atoms with van der Waals surface area (Å²) in [6, 6.07) is 15.8. The number of carbonyl (C=O) groups is 2. The highest BCUT2D eigenvalue weighted by atomic mass is 16.5. The lowest BCUT2D eigenvalue weighted by molar-refractivity contribution is -0.145. The SMILES string of the molecule is CCC(Oc1ccc(NC(=O)OCc2ccccc2)cc1)C(=O)O. The number of rotatable bonds is 7. The number of carbonyl (C=O) groups excluding carboxylic acids is 1. The first-order valence-corrected chi connectivity index (χ1v) is 7.55. The lowest BCUT2D eigenvalue weighted by atomic mass is 10.2. The third-order valence-electron chi connectivity index (χ3n) is 3.24. The molecule has 2 aromatic carbocycles. The van der Waals surface area contributed by atoms with Crippen molar-refractivity contribution in [1.82, 2.24) is 0 Å². The summed E-state index contributed by atoms with van der Waals surface area (Å²) in [5, 5.41) is 11.6. The maximum absolute atomic E-state index is 11.7. The van der Waals surface area contributed by atoms with Gasteiger partial charge in [0.15, 0.2) is 6.10 Å². The molecule has 0 spiro atoms. The molecule has 126 valence electrons. The normalized spacial score (nSPS) is 11.4. The topological polar surface area (TPSA) is 84.9 Å². The Morgan fingerprint density at radius 2 is 1.75 bits per heavy atom. The Kier molecular flexibility index (Phi) is 6.19. The molecule has 24 heavy (non-hydrogen) atoms. The fourth-order valence-electron chi connectivity index (χ4n) is 1.97. The number of benzene rings is 2. The van der Waals surface area contributed by atoms with Crippen LogP contribution in [0.3, 0.4) is 0 Å². The molecule has 2 rings (SSSR count). The predicted molar refractivity (Wildman–Crippen MR) is 89.0 cm³/mol. The van der Waals surface area contributed by atoms with Crippen molar-refractivity contribution in [2.75, 3.05) is 5.32 Å². The van der Waals surface area contributed by atoms with E-state index >= 15 is 0 Å². The third kappa shape index (κ3) is 5.31. The van der Waals surface area contributed by atoms with Crippen LogP contribution >= 0.6 is 0 Å². The first kappa shape index (κ1) is 17.3. The van der Waals surface area contributed by atoms with Gasteiger partial charge in [-0.1, -0.05) is 37.3 Å².